The third-order valence-corrected chi connectivity index (χ3v) is 5.66. The van der Waals surface area contributed by atoms with Crippen molar-refractivity contribution in [2.45, 2.75) is 16.8 Å². The van der Waals surface area contributed by atoms with Crippen LogP contribution >= 0.6 is 11.8 Å². The average molecular weight is 459 g/mol. The molecule has 0 aliphatic heterocycles. The van der Waals surface area contributed by atoms with Gasteiger partial charge in [-0.25, -0.2) is 10.4 Å². The summed E-state index contributed by atoms with van der Waals surface area (Å²) < 4.78 is 1.39. The van der Waals surface area contributed by atoms with Crippen molar-refractivity contribution in [2.75, 3.05) is 0 Å². The maximum absolute atomic E-state index is 13.1. The summed E-state index contributed by atoms with van der Waals surface area (Å²) in [7, 11) is 0. The molecule has 4 rings (SSSR count). The SMILES string of the molecule is Cc1ccc(Sc2nc3ccccn3c(=O)c2/C=N\NC(=O)c2cccc([N+](=O)[O-])c2)cc1. The van der Waals surface area contributed by atoms with Gasteiger partial charge in [0.25, 0.3) is 17.2 Å². The number of hydrogen-bond acceptors (Lipinski definition) is 7. The van der Waals surface area contributed by atoms with E-state index in [0.29, 0.717) is 10.7 Å². The highest BCUT2D eigenvalue weighted by atomic mass is 32.2. The summed E-state index contributed by atoms with van der Waals surface area (Å²) in [6, 6.07) is 18.3. The lowest BCUT2D eigenvalue weighted by molar-refractivity contribution is -0.384. The third kappa shape index (κ3) is 4.96. The highest BCUT2D eigenvalue weighted by molar-refractivity contribution is 7.99. The van der Waals surface area contributed by atoms with E-state index in [0.717, 1.165) is 16.5 Å². The number of amides is 1. The molecule has 2 aromatic carbocycles. The third-order valence-electron chi connectivity index (χ3n) is 4.65. The molecular formula is C23H17N5O4S. The number of hydrogen-bond donors (Lipinski definition) is 1. The number of pyridine rings is 1. The number of nitrogens with one attached hydrogen (secondary N) is 1. The van der Waals surface area contributed by atoms with Crippen LogP contribution in [-0.2, 0) is 0 Å². The number of nitro groups is 1. The fraction of sp³-hybridized carbons (Fsp3) is 0.0435. The van der Waals surface area contributed by atoms with Crippen molar-refractivity contribution in [1.29, 1.82) is 0 Å². The van der Waals surface area contributed by atoms with E-state index in [1.807, 2.05) is 31.2 Å². The Balaban J connectivity index is 1.66. The number of carbonyl (C=O) groups excluding carboxylic acids is 1. The first-order chi connectivity index (χ1) is 15.9. The maximum Gasteiger partial charge on any atom is 0.271 e. The fourth-order valence-corrected chi connectivity index (χ4v) is 3.85. The first-order valence-electron chi connectivity index (χ1n) is 9.76. The molecule has 0 spiro atoms. The zero-order chi connectivity index (χ0) is 23.4. The monoisotopic (exact) mass is 459 g/mol. The Labute approximate surface area is 192 Å². The number of aryl methyl sites for hydroxylation is 1. The molecule has 0 unspecified atom stereocenters. The summed E-state index contributed by atoms with van der Waals surface area (Å²) >= 11 is 1.31. The Morgan fingerprint density at radius 2 is 1.94 bits per heavy atom. The summed E-state index contributed by atoms with van der Waals surface area (Å²) in [6.45, 7) is 1.98. The van der Waals surface area contributed by atoms with Crippen molar-refractivity contribution in [3.8, 4) is 0 Å². The minimum absolute atomic E-state index is 0.0731. The molecule has 10 heteroatoms. The van der Waals surface area contributed by atoms with Gasteiger partial charge in [-0.1, -0.05) is 41.6 Å². The number of rotatable bonds is 6. The lowest BCUT2D eigenvalue weighted by Crippen LogP contribution is -2.23. The van der Waals surface area contributed by atoms with Gasteiger partial charge in [0.2, 0.25) is 0 Å². The Kier molecular flexibility index (Phi) is 6.27. The van der Waals surface area contributed by atoms with E-state index in [2.05, 4.69) is 15.5 Å². The van der Waals surface area contributed by atoms with Crippen molar-refractivity contribution in [1.82, 2.24) is 14.8 Å². The Morgan fingerprint density at radius 1 is 1.15 bits per heavy atom. The molecule has 1 amide bonds. The molecule has 0 bridgehead atoms. The Morgan fingerprint density at radius 3 is 2.70 bits per heavy atom. The molecule has 0 aliphatic rings. The van der Waals surface area contributed by atoms with Gasteiger partial charge in [0.1, 0.15) is 10.7 Å². The predicted molar refractivity (Wildman–Crippen MR) is 125 cm³/mol. The number of aromatic nitrogens is 2. The minimum atomic E-state index is -0.642. The number of hydrazone groups is 1. The predicted octanol–water partition coefficient (Wildman–Crippen LogP) is 3.83. The van der Waals surface area contributed by atoms with Gasteiger partial charge >= 0.3 is 0 Å². The topological polar surface area (TPSA) is 119 Å². The molecule has 0 saturated heterocycles. The van der Waals surface area contributed by atoms with E-state index in [1.165, 1.54) is 40.6 Å². The molecular weight excluding hydrogens is 442 g/mol. The number of nitrogens with zero attached hydrogens (tertiary/aromatic N) is 4. The van der Waals surface area contributed by atoms with Gasteiger partial charge < -0.3 is 0 Å². The van der Waals surface area contributed by atoms with E-state index in [4.69, 9.17) is 0 Å². The number of nitro benzene ring substituents is 1. The highest BCUT2D eigenvalue weighted by Gasteiger charge is 2.14. The zero-order valence-corrected chi connectivity index (χ0v) is 18.2. The van der Waals surface area contributed by atoms with Crippen molar-refractivity contribution < 1.29 is 9.72 Å². The highest BCUT2D eigenvalue weighted by Crippen LogP contribution is 2.27. The molecule has 2 heterocycles. The van der Waals surface area contributed by atoms with Gasteiger partial charge in [0, 0.05) is 28.8 Å². The first kappa shape index (κ1) is 21.9. The van der Waals surface area contributed by atoms with E-state index >= 15 is 0 Å². The standard InChI is InChI=1S/C23H17N5O4S/c1-15-8-10-18(11-9-15)33-22-19(23(30)27-12-3-2-7-20(27)25-22)14-24-26-21(29)16-5-4-6-17(13-16)28(31)32/h2-14H,1H3,(H,26,29)/b24-14-. The first-order valence-corrected chi connectivity index (χ1v) is 10.6. The molecule has 0 atom stereocenters. The number of benzene rings is 2. The smallest absolute Gasteiger partial charge is 0.268 e. The van der Waals surface area contributed by atoms with Gasteiger partial charge in [-0.3, -0.25) is 24.1 Å². The van der Waals surface area contributed by atoms with Crippen LogP contribution in [0.2, 0.25) is 0 Å². The Bertz CT molecular complexity index is 1450. The molecule has 2 aromatic heterocycles. The normalized spacial score (nSPS) is 11.1. The van der Waals surface area contributed by atoms with E-state index in [9.17, 15) is 19.7 Å². The molecule has 33 heavy (non-hydrogen) atoms. The maximum atomic E-state index is 13.1. The van der Waals surface area contributed by atoms with Crippen LogP contribution in [0.4, 0.5) is 5.69 Å². The van der Waals surface area contributed by atoms with Gasteiger partial charge in [-0.05, 0) is 37.3 Å². The number of fused-ring (bicyclic) bond motifs is 1. The average Bonchev–Trinajstić information content (AvgIpc) is 2.82. The fourth-order valence-electron chi connectivity index (χ4n) is 2.97. The van der Waals surface area contributed by atoms with Gasteiger partial charge in [0.15, 0.2) is 0 Å². The van der Waals surface area contributed by atoms with E-state index < -0.39 is 10.8 Å². The quantitative estimate of drug-likeness (QED) is 0.203. The summed E-state index contributed by atoms with van der Waals surface area (Å²) in [5, 5.41) is 15.3. The lowest BCUT2D eigenvalue weighted by Gasteiger charge is -2.08. The number of carbonyl (C=O) groups is 1. The molecule has 164 valence electrons. The molecule has 0 aliphatic carbocycles. The molecule has 0 radical (unpaired) electrons. The van der Waals surface area contributed by atoms with Crippen LogP contribution in [-0.4, -0.2) is 26.4 Å². The van der Waals surface area contributed by atoms with Crippen LogP contribution in [0.25, 0.3) is 5.65 Å². The molecule has 0 fully saturated rings. The summed E-state index contributed by atoms with van der Waals surface area (Å²) in [5.41, 5.74) is 3.62. The molecule has 1 N–H and O–H groups in total. The second kappa shape index (κ2) is 9.45. The van der Waals surface area contributed by atoms with Crippen LogP contribution in [0.5, 0.6) is 0 Å². The van der Waals surface area contributed by atoms with E-state index in [1.54, 1.807) is 24.4 Å². The minimum Gasteiger partial charge on any atom is -0.268 e. The second-order valence-electron chi connectivity index (χ2n) is 6.99. The van der Waals surface area contributed by atoms with Crippen LogP contribution in [0.3, 0.4) is 0 Å². The van der Waals surface area contributed by atoms with Crippen LogP contribution in [0.15, 0.2) is 92.7 Å². The van der Waals surface area contributed by atoms with Crippen molar-refractivity contribution in [3.63, 3.8) is 0 Å². The molecule has 4 aromatic rings. The van der Waals surface area contributed by atoms with Crippen LogP contribution in [0, 0.1) is 17.0 Å². The molecule has 0 saturated carbocycles. The second-order valence-corrected chi connectivity index (χ2v) is 8.05. The lowest BCUT2D eigenvalue weighted by atomic mass is 10.2. The van der Waals surface area contributed by atoms with Crippen LogP contribution < -0.4 is 11.0 Å². The van der Waals surface area contributed by atoms with Gasteiger partial charge in [-0.2, -0.15) is 5.10 Å². The summed E-state index contributed by atoms with van der Waals surface area (Å²) in [6.07, 6.45) is 2.84. The Hall–Kier alpha value is -4.31. The van der Waals surface area contributed by atoms with Gasteiger partial charge in [-0.15, -0.1) is 0 Å². The largest absolute Gasteiger partial charge is 0.271 e. The van der Waals surface area contributed by atoms with Crippen molar-refractivity contribution in [2.24, 2.45) is 5.10 Å². The van der Waals surface area contributed by atoms with Gasteiger partial charge in [0.05, 0.1) is 16.7 Å². The van der Waals surface area contributed by atoms with Crippen molar-refractivity contribution >= 4 is 35.2 Å². The summed E-state index contributed by atoms with van der Waals surface area (Å²) in [4.78, 5) is 41.3. The number of non-ortho nitro benzene ring substituents is 1. The van der Waals surface area contributed by atoms with Crippen LogP contribution in [0.1, 0.15) is 21.5 Å². The van der Waals surface area contributed by atoms with E-state index in [-0.39, 0.29) is 22.4 Å². The zero-order valence-electron chi connectivity index (χ0n) is 17.3. The van der Waals surface area contributed by atoms with Crippen molar-refractivity contribution in [3.05, 3.63) is 110 Å². The molecule has 9 nitrogen and oxygen atoms in total. The summed E-state index contributed by atoms with van der Waals surface area (Å²) in [5.74, 6) is -0.642.